The third-order valence-electron chi connectivity index (χ3n) is 5.36. The van der Waals surface area contributed by atoms with Gasteiger partial charge in [-0.1, -0.05) is 22.9 Å². The van der Waals surface area contributed by atoms with E-state index in [0.29, 0.717) is 10.0 Å². The molecule has 0 unspecified atom stereocenters. The zero-order chi connectivity index (χ0) is 22.8. The molecule has 1 aromatic heterocycles. The summed E-state index contributed by atoms with van der Waals surface area (Å²) in [5.74, 6) is -0.211. The van der Waals surface area contributed by atoms with Gasteiger partial charge >= 0.3 is 0 Å². The number of nitrogens with zero attached hydrogens (tertiary/aromatic N) is 3. The molecular formula is C21H26BrN3O5S. The van der Waals surface area contributed by atoms with Gasteiger partial charge < -0.3 is 14.7 Å². The zero-order valence-corrected chi connectivity index (χ0v) is 20.0. The lowest BCUT2D eigenvalue weighted by atomic mass is 10.0. The Labute approximate surface area is 191 Å². The highest BCUT2D eigenvalue weighted by Crippen LogP contribution is 2.35. The van der Waals surface area contributed by atoms with Crippen LogP contribution < -0.4 is 4.74 Å². The Morgan fingerprint density at radius 1 is 1.35 bits per heavy atom. The summed E-state index contributed by atoms with van der Waals surface area (Å²) >= 11 is 3.37. The largest absolute Gasteiger partial charge is 0.487 e. The van der Waals surface area contributed by atoms with Gasteiger partial charge in [-0.25, -0.2) is 8.42 Å². The highest BCUT2D eigenvalue weighted by atomic mass is 79.9. The topological polar surface area (TPSA) is 100 Å². The molecular weight excluding hydrogens is 486 g/mol. The van der Waals surface area contributed by atoms with E-state index in [0.717, 1.165) is 0 Å². The lowest BCUT2D eigenvalue weighted by Gasteiger charge is -2.37. The highest BCUT2D eigenvalue weighted by Gasteiger charge is 2.38. The Balaban J connectivity index is 1.96. The first-order valence-corrected chi connectivity index (χ1v) is 12.1. The summed E-state index contributed by atoms with van der Waals surface area (Å²) in [5, 5.41) is 9.67. The predicted molar refractivity (Wildman–Crippen MR) is 119 cm³/mol. The van der Waals surface area contributed by atoms with Crippen molar-refractivity contribution in [3.05, 3.63) is 52.8 Å². The number of amides is 1. The molecule has 1 N–H and O–H groups in total. The van der Waals surface area contributed by atoms with Crippen LogP contribution in [0.2, 0.25) is 0 Å². The number of likely N-dealkylation sites (N-methyl/N-ethyl adjacent to an activating group) is 1. The van der Waals surface area contributed by atoms with Gasteiger partial charge in [0.2, 0.25) is 10.0 Å². The van der Waals surface area contributed by atoms with Crippen molar-refractivity contribution in [2.24, 2.45) is 5.92 Å². The fourth-order valence-electron chi connectivity index (χ4n) is 3.49. The van der Waals surface area contributed by atoms with Crippen molar-refractivity contribution >= 4 is 31.9 Å². The minimum atomic E-state index is -3.87. The summed E-state index contributed by atoms with van der Waals surface area (Å²) < 4.78 is 34.8. The summed E-state index contributed by atoms with van der Waals surface area (Å²) in [6.45, 7) is 3.66. The van der Waals surface area contributed by atoms with E-state index in [4.69, 9.17) is 4.74 Å². The minimum Gasteiger partial charge on any atom is -0.487 e. The summed E-state index contributed by atoms with van der Waals surface area (Å²) in [7, 11) is -2.19. The number of hydrogen-bond donors (Lipinski definition) is 1. The maximum Gasteiger partial charge on any atom is 0.253 e. The third-order valence-corrected chi connectivity index (χ3v) is 7.87. The first kappa shape index (κ1) is 23.6. The van der Waals surface area contributed by atoms with Crippen molar-refractivity contribution in [3.8, 4) is 5.75 Å². The summed E-state index contributed by atoms with van der Waals surface area (Å²) in [5.41, 5.74) is 0.511. The number of hydrogen-bond acceptors (Lipinski definition) is 6. The zero-order valence-electron chi connectivity index (χ0n) is 17.6. The molecule has 2 aromatic rings. The van der Waals surface area contributed by atoms with Crippen LogP contribution in [0.4, 0.5) is 0 Å². The summed E-state index contributed by atoms with van der Waals surface area (Å²) in [6, 6.07) is 7.44. The summed E-state index contributed by atoms with van der Waals surface area (Å²) in [4.78, 5) is 18.3. The van der Waals surface area contributed by atoms with E-state index < -0.39 is 22.2 Å². The predicted octanol–water partition coefficient (Wildman–Crippen LogP) is 2.38. The molecule has 8 nitrogen and oxygen atoms in total. The van der Waals surface area contributed by atoms with Crippen molar-refractivity contribution in [3.63, 3.8) is 0 Å². The van der Waals surface area contributed by atoms with Crippen LogP contribution in [0.15, 0.2) is 52.1 Å². The van der Waals surface area contributed by atoms with Crippen LogP contribution in [0.3, 0.4) is 0 Å². The van der Waals surface area contributed by atoms with Gasteiger partial charge in [0.15, 0.2) is 0 Å². The Morgan fingerprint density at radius 3 is 2.68 bits per heavy atom. The molecule has 0 saturated carbocycles. The van der Waals surface area contributed by atoms with Gasteiger partial charge in [-0.2, -0.15) is 4.31 Å². The van der Waals surface area contributed by atoms with Crippen LogP contribution in [0.5, 0.6) is 5.75 Å². The maximum atomic E-state index is 13.3. The monoisotopic (exact) mass is 511 g/mol. The molecule has 2 heterocycles. The van der Waals surface area contributed by atoms with E-state index in [9.17, 15) is 18.3 Å². The average molecular weight is 512 g/mol. The number of aliphatic hydroxyl groups is 1. The second kappa shape index (κ2) is 9.64. The molecule has 0 bridgehead atoms. The van der Waals surface area contributed by atoms with Gasteiger partial charge in [0, 0.05) is 48.0 Å². The number of halogens is 1. The fraction of sp³-hybridized carbons (Fsp3) is 0.429. The number of carbonyl (C=O) groups is 1. The normalized spacial score (nSPS) is 21.8. The van der Waals surface area contributed by atoms with E-state index in [1.165, 1.54) is 10.4 Å². The molecule has 0 radical (unpaired) electrons. The first-order chi connectivity index (χ1) is 14.6. The number of aliphatic hydroxyl groups excluding tert-OH is 1. The number of rotatable bonds is 5. The molecule has 1 aliphatic rings. The van der Waals surface area contributed by atoms with Gasteiger partial charge in [0.25, 0.3) is 5.91 Å². The number of aromatic nitrogens is 1. The van der Waals surface area contributed by atoms with E-state index in [2.05, 4.69) is 20.9 Å². The number of fused-ring (bicyclic) bond motifs is 1. The molecule has 10 heteroatoms. The Hall–Kier alpha value is -2.01. The van der Waals surface area contributed by atoms with Crippen LogP contribution in [-0.4, -0.2) is 72.5 Å². The molecule has 0 aliphatic carbocycles. The Morgan fingerprint density at radius 2 is 2.03 bits per heavy atom. The number of pyridine rings is 1. The molecule has 0 spiro atoms. The minimum absolute atomic E-state index is 0.0380. The van der Waals surface area contributed by atoms with Gasteiger partial charge in [-0.15, -0.1) is 0 Å². The van der Waals surface area contributed by atoms with Crippen LogP contribution in [-0.2, 0) is 10.0 Å². The molecule has 3 rings (SSSR count). The first-order valence-electron chi connectivity index (χ1n) is 9.89. The van der Waals surface area contributed by atoms with Crippen molar-refractivity contribution < 1.29 is 23.1 Å². The standard InChI is InChI=1S/C21H26BrN3O5S/c1-14-11-25(15(2)13-26)31(28,29)20-5-4-17(22)10-18(20)30-19(14)12-24(3)21(27)16-6-8-23-9-7-16/h4-10,14-15,19,26H,11-13H2,1-3H3/t14-,15+,19-/m1/s1. The quantitative estimate of drug-likeness (QED) is 0.661. The number of ether oxygens (including phenoxy) is 1. The lowest BCUT2D eigenvalue weighted by Crippen LogP contribution is -2.50. The van der Waals surface area contributed by atoms with E-state index in [1.54, 1.807) is 55.5 Å². The van der Waals surface area contributed by atoms with Crippen molar-refractivity contribution in [1.82, 2.24) is 14.2 Å². The van der Waals surface area contributed by atoms with Gasteiger partial charge in [0.1, 0.15) is 16.7 Å². The van der Waals surface area contributed by atoms with Gasteiger partial charge in [-0.3, -0.25) is 9.78 Å². The van der Waals surface area contributed by atoms with Crippen LogP contribution >= 0.6 is 15.9 Å². The van der Waals surface area contributed by atoms with Gasteiger partial charge in [0.05, 0.1) is 13.2 Å². The molecule has 1 amide bonds. The average Bonchev–Trinajstić information content (AvgIpc) is 2.75. The van der Waals surface area contributed by atoms with E-state index in [1.807, 2.05) is 6.92 Å². The molecule has 168 valence electrons. The Kier molecular flexibility index (Phi) is 7.35. The summed E-state index contributed by atoms with van der Waals surface area (Å²) in [6.07, 6.45) is 2.65. The highest BCUT2D eigenvalue weighted by molar-refractivity contribution is 9.10. The lowest BCUT2D eigenvalue weighted by molar-refractivity contribution is 0.0563. The Bertz CT molecular complexity index is 1030. The number of carbonyl (C=O) groups excluding carboxylic acids is 1. The molecule has 0 fully saturated rings. The van der Waals surface area contributed by atoms with E-state index >= 15 is 0 Å². The maximum absolute atomic E-state index is 13.3. The molecule has 3 atom stereocenters. The van der Waals surface area contributed by atoms with Crippen molar-refractivity contribution in [2.75, 3.05) is 26.7 Å². The van der Waals surface area contributed by atoms with Crippen LogP contribution in [0.1, 0.15) is 24.2 Å². The van der Waals surface area contributed by atoms with E-state index in [-0.39, 0.29) is 42.2 Å². The second-order valence-corrected chi connectivity index (χ2v) is 10.5. The molecule has 0 saturated heterocycles. The smallest absolute Gasteiger partial charge is 0.253 e. The number of benzene rings is 1. The van der Waals surface area contributed by atoms with Crippen LogP contribution in [0.25, 0.3) is 0 Å². The molecule has 31 heavy (non-hydrogen) atoms. The van der Waals surface area contributed by atoms with Crippen molar-refractivity contribution in [2.45, 2.75) is 30.9 Å². The fourth-order valence-corrected chi connectivity index (χ4v) is 5.65. The van der Waals surface area contributed by atoms with Gasteiger partial charge in [-0.05, 0) is 37.3 Å². The molecule has 1 aliphatic heterocycles. The third kappa shape index (κ3) is 5.08. The van der Waals surface area contributed by atoms with Crippen molar-refractivity contribution in [1.29, 1.82) is 0 Å². The molecule has 1 aromatic carbocycles. The second-order valence-electron chi connectivity index (χ2n) is 7.75. The SMILES string of the molecule is C[C@@H]1CN([C@@H](C)CO)S(=O)(=O)c2ccc(Br)cc2O[C@@H]1CN(C)C(=O)c1ccncc1. The number of sulfonamides is 1. The van der Waals surface area contributed by atoms with Crippen LogP contribution in [0, 0.1) is 5.92 Å².